The maximum absolute atomic E-state index is 2.39. The van der Waals surface area contributed by atoms with Crippen LogP contribution in [0.4, 0.5) is 0 Å². The molecule has 0 nitrogen and oxygen atoms in total. The van der Waals surface area contributed by atoms with Gasteiger partial charge in [0.2, 0.25) is 0 Å². The summed E-state index contributed by atoms with van der Waals surface area (Å²) in [6.07, 6.45) is 2.57. The summed E-state index contributed by atoms with van der Waals surface area (Å²) in [6, 6.07) is 9.57. The van der Waals surface area contributed by atoms with Gasteiger partial charge in [-0.1, -0.05) is 95.5 Å². The van der Waals surface area contributed by atoms with Gasteiger partial charge in [-0.25, -0.2) is 0 Å². The van der Waals surface area contributed by atoms with Gasteiger partial charge in [0.15, 0.2) is 0 Å². The van der Waals surface area contributed by atoms with Crippen LogP contribution in [0.3, 0.4) is 0 Å². The van der Waals surface area contributed by atoms with Crippen molar-refractivity contribution in [3.63, 3.8) is 0 Å². The van der Waals surface area contributed by atoms with Crippen LogP contribution in [0.5, 0.6) is 0 Å². The Morgan fingerprint density at radius 1 is 0.545 bits per heavy atom. The predicted octanol–water partition coefficient (Wildman–Crippen LogP) is 7.28. The molecule has 0 unspecified atom stereocenters. The third kappa shape index (κ3) is 6.29. The van der Waals surface area contributed by atoms with Crippen molar-refractivity contribution >= 4 is 15.8 Å². The minimum atomic E-state index is 0.102. The van der Waals surface area contributed by atoms with Gasteiger partial charge in [0.25, 0.3) is 0 Å². The first-order chi connectivity index (χ1) is 10.2. The Morgan fingerprint density at radius 2 is 0.773 bits per heavy atom. The quantitative estimate of drug-likeness (QED) is 0.437. The summed E-state index contributed by atoms with van der Waals surface area (Å²) < 4.78 is 0. The molecule has 1 rings (SSSR count). The molecule has 0 N–H and O–H groups in total. The molecular weight excluding hydrogens is 302 g/mol. The van der Waals surface area contributed by atoms with Crippen molar-refractivity contribution in [3.8, 4) is 0 Å². The summed E-state index contributed by atoms with van der Waals surface area (Å²) in [5.74, 6) is 0. The van der Waals surface area contributed by atoms with Crippen molar-refractivity contribution in [1.29, 1.82) is 0 Å². The molecule has 0 spiro atoms. The monoisotopic (exact) mass is 338 g/mol. The highest BCUT2D eigenvalue weighted by Gasteiger charge is 2.18. The van der Waals surface area contributed by atoms with Crippen LogP contribution in [0.1, 0.15) is 66.5 Å². The first kappa shape index (κ1) is 20.1. The SMILES string of the molecule is CC(C)P(Cc1ccc(CP(C(C)C)C(C)C)cc1)C(C)C. The largest absolute Gasteiger partial charge is 0.0970 e. The lowest BCUT2D eigenvalue weighted by Gasteiger charge is -2.27. The molecule has 0 amide bonds. The Hall–Kier alpha value is 0.0800. The van der Waals surface area contributed by atoms with Gasteiger partial charge in [-0.05, 0) is 46.1 Å². The maximum atomic E-state index is 2.39. The van der Waals surface area contributed by atoms with E-state index in [0.29, 0.717) is 0 Å². The summed E-state index contributed by atoms with van der Waals surface area (Å²) in [5, 5.41) is 0. The highest BCUT2D eigenvalue weighted by atomic mass is 31.1. The fourth-order valence-electron chi connectivity index (χ4n) is 3.09. The lowest BCUT2D eigenvalue weighted by Crippen LogP contribution is -2.06. The standard InChI is InChI=1S/C20H36P2/c1-15(2)21(16(3)4)13-19-9-11-20(12-10-19)14-22(17(5)6)18(7)8/h9-12,15-18H,13-14H2,1-8H3. The van der Waals surface area contributed by atoms with E-state index in [0.717, 1.165) is 22.6 Å². The molecular formula is C20H36P2. The van der Waals surface area contributed by atoms with Crippen LogP contribution in [-0.4, -0.2) is 22.6 Å². The molecule has 0 aromatic heterocycles. The van der Waals surface area contributed by atoms with Crippen molar-refractivity contribution in [1.82, 2.24) is 0 Å². The van der Waals surface area contributed by atoms with Gasteiger partial charge in [0.1, 0.15) is 0 Å². The molecule has 0 radical (unpaired) electrons. The van der Waals surface area contributed by atoms with Crippen LogP contribution in [0, 0.1) is 0 Å². The van der Waals surface area contributed by atoms with Crippen molar-refractivity contribution in [2.24, 2.45) is 0 Å². The van der Waals surface area contributed by atoms with Gasteiger partial charge < -0.3 is 0 Å². The first-order valence-electron chi connectivity index (χ1n) is 8.81. The number of benzene rings is 1. The fraction of sp³-hybridized carbons (Fsp3) is 0.700. The van der Waals surface area contributed by atoms with Crippen molar-refractivity contribution in [2.75, 3.05) is 0 Å². The van der Waals surface area contributed by atoms with Gasteiger partial charge in [-0.15, -0.1) is 0 Å². The fourth-order valence-corrected chi connectivity index (χ4v) is 8.21. The minimum absolute atomic E-state index is 0.102. The molecule has 0 saturated carbocycles. The number of rotatable bonds is 8. The van der Waals surface area contributed by atoms with Crippen LogP contribution in [0.2, 0.25) is 0 Å². The van der Waals surface area contributed by atoms with Crippen LogP contribution in [-0.2, 0) is 12.3 Å². The lowest BCUT2D eigenvalue weighted by atomic mass is 10.2. The Morgan fingerprint density at radius 3 is 0.955 bits per heavy atom. The molecule has 1 aromatic carbocycles. The van der Waals surface area contributed by atoms with Crippen LogP contribution in [0.25, 0.3) is 0 Å². The topological polar surface area (TPSA) is 0 Å². The molecule has 0 atom stereocenters. The highest BCUT2D eigenvalue weighted by Crippen LogP contribution is 2.50. The number of hydrogen-bond acceptors (Lipinski definition) is 0. The number of hydrogen-bond donors (Lipinski definition) is 0. The highest BCUT2D eigenvalue weighted by molar-refractivity contribution is 7.58. The first-order valence-corrected chi connectivity index (χ1v) is 12.1. The van der Waals surface area contributed by atoms with Crippen molar-refractivity contribution in [2.45, 2.75) is 90.3 Å². The Labute approximate surface area is 142 Å². The lowest BCUT2D eigenvalue weighted by molar-refractivity contribution is 0.992. The van der Waals surface area contributed by atoms with E-state index in [-0.39, 0.29) is 15.8 Å². The Balaban J connectivity index is 2.74. The van der Waals surface area contributed by atoms with E-state index in [2.05, 4.69) is 79.7 Å². The van der Waals surface area contributed by atoms with Gasteiger partial charge >= 0.3 is 0 Å². The smallest absolute Gasteiger partial charge is 0.00685 e. The Bertz CT molecular complexity index is 361. The van der Waals surface area contributed by atoms with Crippen molar-refractivity contribution in [3.05, 3.63) is 35.4 Å². The van der Waals surface area contributed by atoms with Gasteiger partial charge in [0, 0.05) is 0 Å². The Kier molecular flexibility index (Phi) is 8.59. The van der Waals surface area contributed by atoms with E-state index >= 15 is 0 Å². The normalized spacial score (nSPS) is 12.6. The zero-order chi connectivity index (χ0) is 16.9. The molecule has 2 heteroatoms. The molecule has 0 heterocycles. The summed E-state index contributed by atoms with van der Waals surface area (Å²) >= 11 is 0. The molecule has 0 bridgehead atoms. The zero-order valence-electron chi connectivity index (χ0n) is 15.9. The van der Waals surface area contributed by atoms with Gasteiger partial charge in [-0.3, -0.25) is 0 Å². The molecule has 0 fully saturated rings. The predicted molar refractivity (Wildman–Crippen MR) is 108 cm³/mol. The maximum Gasteiger partial charge on any atom is -0.00685 e. The van der Waals surface area contributed by atoms with E-state index in [4.69, 9.17) is 0 Å². The van der Waals surface area contributed by atoms with Crippen LogP contribution >= 0.6 is 15.8 Å². The average molecular weight is 338 g/mol. The summed E-state index contributed by atoms with van der Waals surface area (Å²) in [4.78, 5) is 0. The molecule has 0 saturated heterocycles. The molecule has 22 heavy (non-hydrogen) atoms. The summed E-state index contributed by atoms with van der Waals surface area (Å²) in [7, 11) is 0.204. The van der Waals surface area contributed by atoms with E-state index in [1.807, 2.05) is 0 Å². The third-order valence-electron chi connectivity index (χ3n) is 4.41. The molecule has 0 aliphatic carbocycles. The zero-order valence-corrected chi connectivity index (χ0v) is 17.7. The van der Waals surface area contributed by atoms with E-state index in [1.165, 1.54) is 23.5 Å². The van der Waals surface area contributed by atoms with Crippen molar-refractivity contribution < 1.29 is 0 Å². The molecule has 1 aromatic rings. The second-order valence-corrected chi connectivity index (χ2v) is 14.4. The summed E-state index contributed by atoms with van der Waals surface area (Å²) in [5.41, 5.74) is 6.37. The van der Waals surface area contributed by atoms with E-state index < -0.39 is 0 Å². The van der Waals surface area contributed by atoms with Crippen LogP contribution in [0.15, 0.2) is 24.3 Å². The average Bonchev–Trinajstić information content (AvgIpc) is 2.42. The molecule has 0 aliphatic heterocycles. The third-order valence-corrected chi connectivity index (χ3v) is 11.2. The van der Waals surface area contributed by atoms with Gasteiger partial charge in [-0.2, -0.15) is 0 Å². The van der Waals surface area contributed by atoms with Gasteiger partial charge in [0.05, 0.1) is 0 Å². The second-order valence-electron chi connectivity index (χ2n) is 7.54. The van der Waals surface area contributed by atoms with Crippen LogP contribution < -0.4 is 0 Å². The van der Waals surface area contributed by atoms with E-state index in [1.54, 1.807) is 0 Å². The molecule has 126 valence electrons. The summed E-state index contributed by atoms with van der Waals surface area (Å²) in [6.45, 7) is 19.1. The van der Waals surface area contributed by atoms with E-state index in [9.17, 15) is 0 Å². The second kappa shape index (κ2) is 9.39. The minimum Gasteiger partial charge on any atom is -0.0970 e. The molecule has 0 aliphatic rings.